The van der Waals surface area contributed by atoms with Gasteiger partial charge in [-0.15, -0.1) is 0 Å². The molecule has 0 unspecified atom stereocenters. The predicted molar refractivity (Wildman–Crippen MR) is 58.3 cm³/mol. The first-order valence-electron chi connectivity index (χ1n) is 4.84. The number of Topliss-reactive ketones (excluding diaryl/α,β-unsaturated/α-hetero) is 1. The van der Waals surface area contributed by atoms with Crippen molar-refractivity contribution in [2.75, 3.05) is 5.75 Å². The third kappa shape index (κ3) is 2.88. The first-order chi connectivity index (χ1) is 7.34. The molecule has 0 aliphatic heterocycles. The lowest BCUT2D eigenvalue weighted by Gasteiger charge is -2.06. The molecule has 0 bridgehead atoms. The Morgan fingerprint density at radius 2 is 1.88 bits per heavy atom. The van der Waals surface area contributed by atoms with Gasteiger partial charge in [-0.2, -0.15) is 0 Å². The zero-order chi connectivity index (χ0) is 12.3. The molecule has 0 fully saturated rings. The van der Waals surface area contributed by atoms with Gasteiger partial charge < -0.3 is 0 Å². The third-order valence-electron chi connectivity index (χ3n) is 2.15. The highest BCUT2D eigenvalue weighted by atomic mass is 32.2. The first-order valence-corrected chi connectivity index (χ1v) is 6.50. The number of sulfone groups is 1. The number of benzene rings is 1. The summed E-state index contributed by atoms with van der Waals surface area (Å²) in [4.78, 5) is 10.9. The third-order valence-corrected chi connectivity index (χ3v) is 3.81. The minimum absolute atomic E-state index is 0.374. The van der Waals surface area contributed by atoms with Crippen LogP contribution in [0.4, 0.5) is 4.39 Å². The van der Waals surface area contributed by atoms with Crippen molar-refractivity contribution in [1.82, 2.24) is 0 Å². The topological polar surface area (TPSA) is 51.2 Å². The summed E-state index contributed by atoms with van der Waals surface area (Å²) in [5.41, 5.74) is 0. The van der Waals surface area contributed by atoms with Crippen molar-refractivity contribution in [3.8, 4) is 0 Å². The van der Waals surface area contributed by atoms with Crippen molar-refractivity contribution in [1.29, 1.82) is 0 Å². The average Bonchev–Trinajstić information content (AvgIpc) is 2.17. The fourth-order valence-electron chi connectivity index (χ4n) is 1.13. The van der Waals surface area contributed by atoms with Crippen molar-refractivity contribution in [2.45, 2.75) is 18.7 Å². The van der Waals surface area contributed by atoms with Crippen LogP contribution in [-0.4, -0.2) is 20.0 Å². The zero-order valence-electron chi connectivity index (χ0n) is 9.10. The molecule has 1 rings (SSSR count). The van der Waals surface area contributed by atoms with Gasteiger partial charge in [-0.3, -0.25) is 4.79 Å². The van der Waals surface area contributed by atoms with E-state index in [2.05, 4.69) is 0 Å². The SMILES string of the molecule is CC(C)C(=O)CS(=O)(=O)c1ccccc1F. The summed E-state index contributed by atoms with van der Waals surface area (Å²) in [5.74, 6) is -2.25. The van der Waals surface area contributed by atoms with Crippen molar-refractivity contribution in [3.05, 3.63) is 30.1 Å². The lowest BCUT2D eigenvalue weighted by molar-refractivity contribution is -0.119. The molecule has 0 aliphatic rings. The molecule has 88 valence electrons. The van der Waals surface area contributed by atoms with Crippen LogP contribution in [-0.2, 0) is 14.6 Å². The number of halogens is 1. The van der Waals surface area contributed by atoms with Gasteiger partial charge in [0.15, 0.2) is 15.6 Å². The second kappa shape index (κ2) is 4.74. The van der Waals surface area contributed by atoms with Crippen molar-refractivity contribution < 1.29 is 17.6 Å². The van der Waals surface area contributed by atoms with E-state index in [1.165, 1.54) is 12.1 Å². The maximum absolute atomic E-state index is 13.2. The number of carbonyl (C=O) groups is 1. The van der Waals surface area contributed by atoms with Crippen LogP contribution in [0.1, 0.15) is 13.8 Å². The fraction of sp³-hybridized carbons (Fsp3) is 0.364. The molecule has 0 radical (unpaired) electrons. The van der Waals surface area contributed by atoms with E-state index in [-0.39, 0.29) is 5.92 Å². The molecule has 0 atom stereocenters. The Morgan fingerprint density at radius 1 is 1.31 bits per heavy atom. The standard InChI is InChI=1S/C11H13FO3S/c1-8(2)10(13)7-16(14,15)11-6-4-3-5-9(11)12/h3-6,8H,7H2,1-2H3. The van der Waals surface area contributed by atoms with Gasteiger partial charge in [-0.25, -0.2) is 12.8 Å². The van der Waals surface area contributed by atoms with E-state index in [1.807, 2.05) is 0 Å². The largest absolute Gasteiger partial charge is 0.298 e. The first kappa shape index (κ1) is 12.8. The maximum atomic E-state index is 13.2. The zero-order valence-corrected chi connectivity index (χ0v) is 9.92. The average molecular weight is 244 g/mol. The van der Waals surface area contributed by atoms with Crippen LogP contribution in [0.15, 0.2) is 29.2 Å². The van der Waals surface area contributed by atoms with E-state index in [4.69, 9.17) is 0 Å². The molecule has 5 heteroatoms. The van der Waals surface area contributed by atoms with Crippen LogP contribution >= 0.6 is 0 Å². The predicted octanol–water partition coefficient (Wildman–Crippen LogP) is 1.82. The Hall–Kier alpha value is -1.23. The quantitative estimate of drug-likeness (QED) is 0.811. The lowest BCUT2D eigenvalue weighted by Crippen LogP contribution is -2.21. The molecule has 0 heterocycles. The van der Waals surface area contributed by atoms with Gasteiger partial charge in [-0.05, 0) is 12.1 Å². The maximum Gasteiger partial charge on any atom is 0.188 e. The van der Waals surface area contributed by atoms with Crippen molar-refractivity contribution >= 4 is 15.6 Å². The molecule has 0 aliphatic carbocycles. The smallest absolute Gasteiger partial charge is 0.188 e. The molecular formula is C11H13FO3S. The van der Waals surface area contributed by atoms with Crippen molar-refractivity contribution in [2.24, 2.45) is 5.92 Å². The van der Waals surface area contributed by atoms with Gasteiger partial charge in [-0.1, -0.05) is 26.0 Å². The minimum Gasteiger partial charge on any atom is -0.298 e. The molecule has 0 saturated heterocycles. The van der Waals surface area contributed by atoms with Gasteiger partial charge in [0.25, 0.3) is 0 Å². The highest BCUT2D eigenvalue weighted by Crippen LogP contribution is 2.16. The van der Waals surface area contributed by atoms with Crippen LogP contribution in [0.25, 0.3) is 0 Å². The van der Waals surface area contributed by atoms with Gasteiger partial charge in [0, 0.05) is 5.92 Å². The normalized spacial score (nSPS) is 11.8. The van der Waals surface area contributed by atoms with E-state index in [0.717, 1.165) is 12.1 Å². The highest BCUT2D eigenvalue weighted by Gasteiger charge is 2.23. The number of ketones is 1. The summed E-state index contributed by atoms with van der Waals surface area (Å²) < 4.78 is 36.7. The highest BCUT2D eigenvalue weighted by molar-refractivity contribution is 7.92. The summed E-state index contributed by atoms with van der Waals surface area (Å²) in [7, 11) is -3.86. The van der Waals surface area contributed by atoms with Gasteiger partial charge >= 0.3 is 0 Å². The second-order valence-electron chi connectivity index (χ2n) is 3.81. The second-order valence-corrected chi connectivity index (χ2v) is 5.77. The van der Waals surface area contributed by atoms with Gasteiger partial charge in [0.05, 0.1) is 0 Å². The van der Waals surface area contributed by atoms with Gasteiger partial charge in [0.2, 0.25) is 0 Å². The monoisotopic (exact) mass is 244 g/mol. The summed E-state index contributed by atoms with van der Waals surface area (Å²) in [5, 5.41) is 0. The van der Waals surface area contributed by atoms with Crippen LogP contribution in [0.2, 0.25) is 0 Å². The Kier molecular flexibility index (Phi) is 3.80. The van der Waals surface area contributed by atoms with E-state index < -0.39 is 32.1 Å². The van der Waals surface area contributed by atoms with Gasteiger partial charge in [0.1, 0.15) is 16.5 Å². The van der Waals surface area contributed by atoms with E-state index in [1.54, 1.807) is 13.8 Å². The van der Waals surface area contributed by atoms with Crippen molar-refractivity contribution in [3.63, 3.8) is 0 Å². The van der Waals surface area contributed by atoms with Crippen LogP contribution in [0.3, 0.4) is 0 Å². The Bertz CT molecular complexity index is 492. The summed E-state index contributed by atoms with van der Waals surface area (Å²) in [6, 6.07) is 5.06. The van der Waals surface area contributed by atoms with Crippen LogP contribution < -0.4 is 0 Å². The fourth-order valence-corrected chi connectivity index (χ4v) is 2.64. The molecule has 16 heavy (non-hydrogen) atoms. The number of rotatable bonds is 4. The molecule has 1 aromatic carbocycles. The number of hydrogen-bond acceptors (Lipinski definition) is 3. The van der Waals surface area contributed by atoms with Crippen LogP contribution in [0.5, 0.6) is 0 Å². The number of carbonyl (C=O) groups excluding carboxylic acids is 1. The number of hydrogen-bond donors (Lipinski definition) is 0. The summed E-state index contributed by atoms with van der Waals surface area (Å²) in [6.07, 6.45) is 0. The molecule has 0 N–H and O–H groups in total. The molecule has 0 aromatic heterocycles. The van der Waals surface area contributed by atoms with E-state index >= 15 is 0 Å². The minimum atomic E-state index is -3.86. The lowest BCUT2D eigenvalue weighted by atomic mass is 10.1. The summed E-state index contributed by atoms with van der Waals surface area (Å²) >= 11 is 0. The van der Waals surface area contributed by atoms with E-state index in [0.29, 0.717) is 0 Å². The molecule has 1 aromatic rings. The van der Waals surface area contributed by atoms with Crippen LogP contribution in [0, 0.1) is 11.7 Å². The van der Waals surface area contributed by atoms with E-state index in [9.17, 15) is 17.6 Å². The molecular weight excluding hydrogens is 231 g/mol. The Labute approximate surface area is 94.2 Å². The molecule has 0 saturated carbocycles. The Balaban J connectivity index is 3.05. The molecule has 3 nitrogen and oxygen atoms in total. The molecule has 0 spiro atoms. The molecule has 0 amide bonds. The Morgan fingerprint density at radius 3 is 2.38 bits per heavy atom. The summed E-state index contributed by atoms with van der Waals surface area (Å²) in [6.45, 7) is 3.22.